The molecule has 2 saturated heterocycles. The molecule has 1 amide bonds. The van der Waals surface area contributed by atoms with E-state index >= 15 is 0 Å². The number of anilines is 1. The standard InChI is InChI=1S/C40H43N5O/c1-31-26-38(39(34-16-9-4-10-17-34)45(31)36-19-11-18-35(28-36)43-22-20-41-21-23-43)40(46)44-25-24-42(29-33-14-7-3-8-15-33)30-37(44)27-32-12-5-2-6-13-32/h2-19,26,28,37,41H,20-25,27,29-30H2,1H3. The monoisotopic (exact) mass is 609 g/mol. The van der Waals surface area contributed by atoms with Gasteiger partial charge in [-0.05, 0) is 54.3 Å². The van der Waals surface area contributed by atoms with Crippen LogP contribution in [0.5, 0.6) is 0 Å². The fourth-order valence-corrected chi connectivity index (χ4v) is 7.15. The Balaban J connectivity index is 1.25. The zero-order valence-electron chi connectivity index (χ0n) is 26.7. The van der Waals surface area contributed by atoms with Crippen LogP contribution < -0.4 is 10.2 Å². The molecular weight excluding hydrogens is 566 g/mol. The van der Waals surface area contributed by atoms with Crippen molar-refractivity contribution in [2.24, 2.45) is 0 Å². The maximum absolute atomic E-state index is 14.8. The summed E-state index contributed by atoms with van der Waals surface area (Å²) in [5.74, 6) is 0.110. The Hall–Kier alpha value is -4.65. The van der Waals surface area contributed by atoms with Gasteiger partial charge in [-0.15, -0.1) is 0 Å². The predicted octanol–water partition coefficient (Wildman–Crippen LogP) is 6.43. The van der Waals surface area contributed by atoms with E-state index in [4.69, 9.17) is 0 Å². The van der Waals surface area contributed by atoms with Crippen molar-refractivity contribution in [2.75, 3.05) is 50.7 Å². The smallest absolute Gasteiger partial charge is 0.256 e. The van der Waals surface area contributed by atoms with Gasteiger partial charge in [-0.3, -0.25) is 9.69 Å². The Labute approximate surface area is 272 Å². The SMILES string of the molecule is Cc1cc(C(=O)N2CCN(Cc3ccccc3)CC2Cc2ccccc2)c(-c2ccccc2)n1-c1cccc(N2CCNCC2)c1. The first kappa shape index (κ1) is 30.0. The molecule has 2 aliphatic rings. The highest BCUT2D eigenvalue weighted by Gasteiger charge is 2.34. The number of rotatable bonds is 8. The number of hydrogen-bond acceptors (Lipinski definition) is 4. The second-order valence-corrected chi connectivity index (χ2v) is 12.6. The van der Waals surface area contributed by atoms with E-state index < -0.39 is 0 Å². The van der Waals surface area contributed by atoms with Crippen LogP contribution >= 0.6 is 0 Å². The molecule has 4 aromatic carbocycles. The van der Waals surface area contributed by atoms with Crippen molar-refractivity contribution >= 4 is 11.6 Å². The number of carbonyl (C=O) groups is 1. The number of nitrogens with one attached hydrogen (secondary N) is 1. The number of carbonyl (C=O) groups excluding carboxylic acids is 1. The second kappa shape index (κ2) is 13.8. The Morgan fingerprint density at radius 1 is 0.717 bits per heavy atom. The number of benzene rings is 4. The molecule has 0 aliphatic carbocycles. The predicted molar refractivity (Wildman–Crippen MR) is 188 cm³/mol. The molecule has 46 heavy (non-hydrogen) atoms. The van der Waals surface area contributed by atoms with Crippen molar-refractivity contribution in [3.05, 3.63) is 144 Å². The topological polar surface area (TPSA) is 43.8 Å². The summed E-state index contributed by atoms with van der Waals surface area (Å²) in [7, 11) is 0. The molecule has 0 saturated carbocycles. The van der Waals surface area contributed by atoms with Gasteiger partial charge in [0.15, 0.2) is 0 Å². The maximum atomic E-state index is 14.8. The van der Waals surface area contributed by atoms with Gasteiger partial charge in [0.1, 0.15) is 0 Å². The van der Waals surface area contributed by atoms with Crippen molar-refractivity contribution in [2.45, 2.75) is 25.9 Å². The van der Waals surface area contributed by atoms with Crippen LogP contribution in [0.2, 0.25) is 0 Å². The van der Waals surface area contributed by atoms with E-state index in [0.29, 0.717) is 6.54 Å². The molecule has 5 aromatic rings. The molecule has 3 heterocycles. The minimum absolute atomic E-state index is 0.0654. The van der Waals surface area contributed by atoms with Crippen LogP contribution in [0.3, 0.4) is 0 Å². The summed E-state index contributed by atoms with van der Waals surface area (Å²) >= 11 is 0. The summed E-state index contributed by atoms with van der Waals surface area (Å²) in [6, 6.07) is 42.7. The quantitative estimate of drug-likeness (QED) is 0.220. The van der Waals surface area contributed by atoms with E-state index in [9.17, 15) is 4.79 Å². The van der Waals surface area contributed by atoms with Gasteiger partial charge in [-0.2, -0.15) is 0 Å². The summed E-state index contributed by atoms with van der Waals surface area (Å²) in [6.45, 7) is 9.35. The number of hydrogen-bond donors (Lipinski definition) is 1. The molecule has 234 valence electrons. The third-order valence-corrected chi connectivity index (χ3v) is 9.42. The zero-order chi connectivity index (χ0) is 31.3. The van der Waals surface area contributed by atoms with E-state index in [1.165, 1.54) is 16.8 Å². The zero-order valence-corrected chi connectivity index (χ0v) is 26.7. The first-order valence-electron chi connectivity index (χ1n) is 16.6. The lowest BCUT2D eigenvalue weighted by atomic mass is 9.99. The van der Waals surface area contributed by atoms with Crippen molar-refractivity contribution in [3.63, 3.8) is 0 Å². The Kier molecular flexibility index (Phi) is 8.99. The third-order valence-electron chi connectivity index (χ3n) is 9.42. The summed E-state index contributed by atoms with van der Waals surface area (Å²) < 4.78 is 2.28. The molecule has 0 bridgehead atoms. The molecule has 0 spiro atoms. The van der Waals surface area contributed by atoms with Crippen LogP contribution in [0.25, 0.3) is 16.9 Å². The first-order chi connectivity index (χ1) is 22.6. The van der Waals surface area contributed by atoms with E-state index in [1.54, 1.807) is 0 Å². The Bertz CT molecular complexity index is 1740. The molecule has 1 unspecified atom stereocenters. The molecule has 7 rings (SSSR count). The highest BCUT2D eigenvalue weighted by molar-refractivity contribution is 6.01. The maximum Gasteiger partial charge on any atom is 0.256 e. The largest absolute Gasteiger partial charge is 0.369 e. The number of nitrogens with zero attached hydrogens (tertiary/aromatic N) is 4. The molecule has 2 fully saturated rings. The van der Waals surface area contributed by atoms with Gasteiger partial charge in [-0.25, -0.2) is 0 Å². The van der Waals surface area contributed by atoms with E-state index in [2.05, 4.69) is 147 Å². The fourth-order valence-electron chi connectivity index (χ4n) is 7.15. The average Bonchev–Trinajstić information content (AvgIpc) is 3.47. The van der Waals surface area contributed by atoms with Crippen LogP contribution in [-0.4, -0.2) is 72.1 Å². The van der Waals surface area contributed by atoms with Gasteiger partial charge in [0.25, 0.3) is 5.91 Å². The second-order valence-electron chi connectivity index (χ2n) is 12.6. The molecule has 6 nitrogen and oxygen atoms in total. The summed E-state index contributed by atoms with van der Waals surface area (Å²) in [5.41, 5.74) is 8.71. The lowest BCUT2D eigenvalue weighted by molar-refractivity contribution is 0.0439. The molecule has 1 N–H and O–H groups in total. The highest BCUT2D eigenvalue weighted by Crippen LogP contribution is 2.34. The molecule has 6 heteroatoms. The van der Waals surface area contributed by atoms with Crippen LogP contribution in [0, 0.1) is 6.92 Å². The van der Waals surface area contributed by atoms with E-state index in [1.807, 2.05) is 6.07 Å². The molecule has 2 aliphatic heterocycles. The minimum Gasteiger partial charge on any atom is -0.369 e. The van der Waals surface area contributed by atoms with Crippen LogP contribution in [-0.2, 0) is 13.0 Å². The lowest BCUT2D eigenvalue weighted by Crippen LogP contribution is -2.55. The van der Waals surface area contributed by atoms with Crippen molar-refractivity contribution in [3.8, 4) is 16.9 Å². The fraction of sp³-hybridized carbons (Fsp3) is 0.275. The van der Waals surface area contributed by atoms with Crippen LogP contribution in [0.4, 0.5) is 5.69 Å². The van der Waals surface area contributed by atoms with Crippen molar-refractivity contribution < 1.29 is 4.79 Å². The van der Waals surface area contributed by atoms with Gasteiger partial charge in [0, 0.05) is 75.5 Å². The molecule has 1 atom stereocenters. The molecule has 0 radical (unpaired) electrons. The number of piperazine rings is 2. The van der Waals surface area contributed by atoms with E-state index in [0.717, 1.165) is 80.4 Å². The summed E-state index contributed by atoms with van der Waals surface area (Å²) in [4.78, 5) is 21.9. The molecule has 1 aromatic heterocycles. The van der Waals surface area contributed by atoms with Gasteiger partial charge >= 0.3 is 0 Å². The Morgan fingerprint density at radius 2 is 1.37 bits per heavy atom. The number of amides is 1. The van der Waals surface area contributed by atoms with Crippen LogP contribution in [0.15, 0.2) is 121 Å². The lowest BCUT2D eigenvalue weighted by Gasteiger charge is -2.42. The summed E-state index contributed by atoms with van der Waals surface area (Å²) in [6.07, 6.45) is 0.824. The number of aromatic nitrogens is 1. The van der Waals surface area contributed by atoms with Crippen LogP contribution in [0.1, 0.15) is 27.2 Å². The van der Waals surface area contributed by atoms with E-state index in [-0.39, 0.29) is 11.9 Å². The Morgan fingerprint density at radius 3 is 2.09 bits per heavy atom. The molecular formula is C40H43N5O. The van der Waals surface area contributed by atoms with Gasteiger partial charge in [-0.1, -0.05) is 97.1 Å². The van der Waals surface area contributed by atoms with Gasteiger partial charge < -0.3 is 19.7 Å². The van der Waals surface area contributed by atoms with Crippen molar-refractivity contribution in [1.82, 2.24) is 19.7 Å². The van der Waals surface area contributed by atoms with Crippen molar-refractivity contribution in [1.29, 1.82) is 0 Å². The minimum atomic E-state index is 0.0654. The summed E-state index contributed by atoms with van der Waals surface area (Å²) in [5, 5.41) is 3.46. The number of aryl methyl sites for hydroxylation is 1. The normalized spacial score (nSPS) is 17.3. The first-order valence-corrected chi connectivity index (χ1v) is 16.6. The van der Waals surface area contributed by atoms with Gasteiger partial charge in [0.2, 0.25) is 0 Å². The average molecular weight is 610 g/mol. The highest BCUT2D eigenvalue weighted by atomic mass is 16.2. The van der Waals surface area contributed by atoms with Gasteiger partial charge in [0.05, 0.1) is 11.3 Å². The third kappa shape index (κ3) is 6.50.